The number of carbonyl (C=O) groups excluding carboxylic acids is 2. The van der Waals surface area contributed by atoms with Gasteiger partial charge in [0.25, 0.3) is 0 Å². The van der Waals surface area contributed by atoms with Gasteiger partial charge in [0.2, 0.25) is 11.8 Å². The van der Waals surface area contributed by atoms with Crippen molar-refractivity contribution in [3.8, 4) is 0 Å². The molecule has 30 nitrogen and oxygen atoms in total. The molecule has 10 unspecified atom stereocenters. The van der Waals surface area contributed by atoms with E-state index >= 15 is 0 Å². The minimum atomic E-state index is -2.23. The summed E-state index contributed by atoms with van der Waals surface area (Å²) in [5, 5.41) is 181. The highest BCUT2D eigenvalue weighted by atomic mass is 16.8. The minimum Gasteiger partial charge on any atom is -0.394 e. The summed E-state index contributed by atoms with van der Waals surface area (Å²) in [6.07, 6.45) is -9.19. The lowest BCUT2D eigenvalue weighted by atomic mass is 9.94. The molecule has 0 spiro atoms. The molecule has 0 bridgehead atoms. The largest absolute Gasteiger partial charge is 0.394 e. The molecule has 0 radical (unpaired) electrons. The summed E-state index contributed by atoms with van der Waals surface area (Å²) in [5.74, 6) is -1.15. The molecule has 0 aromatic carbocycles. The van der Waals surface area contributed by atoms with E-state index in [1.54, 1.807) is 6.08 Å². The van der Waals surface area contributed by atoms with Crippen LogP contribution in [0.3, 0.4) is 0 Å². The average Bonchev–Trinajstić information content (AvgIpc) is 0.776. The predicted octanol–water partition coefficient (Wildman–Crippen LogP) is 0.388. The molecule has 5 aliphatic heterocycles. The Hall–Kier alpha value is -2.36. The maximum absolute atomic E-state index is 13.5. The van der Waals surface area contributed by atoms with Gasteiger partial charge in [0.1, 0.15) is 122 Å². The van der Waals surface area contributed by atoms with Crippen LogP contribution in [0.15, 0.2) is 12.2 Å². The number of ether oxygens (including phenoxy) is 10. The van der Waals surface area contributed by atoms with Crippen LogP contribution in [0.5, 0.6) is 0 Å². The predicted molar refractivity (Wildman–Crippen MR) is 359 cm³/mol. The zero-order valence-electron chi connectivity index (χ0n) is 59.3. The first kappa shape index (κ1) is 88.3. The van der Waals surface area contributed by atoms with Crippen LogP contribution in [-0.2, 0) is 57.0 Å². The van der Waals surface area contributed by atoms with Crippen molar-refractivity contribution in [1.82, 2.24) is 10.6 Å². The molecule has 18 N–H and O–H groups in total. The Labute approximate surface area is 589 Å². The third-order valence-corrected chi connectivity index (χ3v) is 19.7. The molecule has 0 aliphatic carbocycles. The number of hydrogen-bond donors (Lipinski definition) is 18. The second-order valence-corrected chi connectivity index (χ2v) is 27.8. The van der Waals surface area contributed by atoms with Crippen LogP contribution in [-0.4, -0.2) is 299 Å². The third-order valence-electron chi connectivity index (χ3n) is 19.7. The maximum Gasteiger partial charge on any atom is 0.220 e. The first-order valence-corrected chi connectivity index (χ1v) is 37.5. The summed E-state index contributed by atoms with van der Waals surface area (Å²) in [5.41, 5.74) is 0. The average molecular weight is 1450 g/mol. The molecular formula is C70H128N2O28. The van der Waals surface area contributed by atoms with Gasteiger partial charge >= 0.3 is 0 Å². The van der Waals surface area contributed by atoms with Crippen molar-refractivity contribution >= 4 is 11.8 Å². The van der Waals surface area contributed by atoms with Crippen LogP contribution < -0.4 is 10.6 Å². The van der Waals surface area contributed by atoms with Crippen molar-refractivity contribution in [3.63, 3.8) is 0 Å². The SMILES string of the molecule is CCCCCCCCCCCCC/C=C/[C@@H](O)[C@H](CO[C@@H]1OC(CO)[C@@H](O[C@@H]2OC(CO)[C@H](O)[C@H](O[C@H]3OC(CO)[C@H](O)[C@H](O[C@@H]4OC(CO)[C@H](O)[C@H](O[C@@H]5OC(CO)[C@H](O)[C@H](O)C5O)C4NC(C)=O)C3O)C2O)[C@H](O)C1O)NC(=O)CCCCCCCCCCCCCCCCCCC. The summed E-state index contributed by atoms with van der Waals surface area (Å²) in [6.45, 7) is 0.304. The normalized spacial score (nSPS) is 35.6. The highest BCUT2D eigenvalue weighted by molar-refractivity contribution is 5.76. The number of rotatable bonds is 50. The standard InChI is InChI=1S/C70H128N2O28/c1-4-6-8-10-12-14-16-18-19-20-21-23-25-27-29-31-33-35-50(80)72-43(44(79)34-32-30-28-26-24-22-17-15-13-11-9-7-5-2)41-91-67-59(88)57(86)62(49(40-77)96-67)97-69-61(90)65(55(84)48(39-76)94-69)100-70-60(89)64(54(83)47(38-75)95-70)99-66-51(71-42(3)78)63(53(82)46(37-74)92-66)98-68-58(87)56(85)52(81)45(36-73)93-68/h32,34,43-49,51-70,73-77,79,81-90H,4-31,33,35-41H2,1-3H3,(H,71,78)(H,72,80)/b34-32+/t43-,44+,45?,46?,47?,48?,49?,51?,52-,53-,54-,55-,56-,57+,58?,59?,60?,61?,62+,63+,64-,65-,66-,67+,68-,69-,70+/m0/s1. The second kappa shape index (κ2) is 48.8. The summed E-state index contributed by atoms with van der Waals surface area (Å²) in [7, 11) is 0. The fraction of sp³-hybridized carbons (Fsp3) is 0.943. The summed E-state index contributed by atoms with van der Waals surface area (Å²) in [4.78, 5) is 26.2. The first-order chi connectivity index (χ1) is 48.2. The number of aliphatic hydroxyl groups excluding tert-OH is 16. The molecule has 100 heavy (non-hydrogen) atoms. The Morgan fingerprint density at radius 1 is 0.390 bits per heavy atom. The van der Waals surface area contributed by atoms with Crippen molar-refractivity contribution in [1.29, 1.82) is 0 Å². The second-order valence-electron chi connectivity index (χ2n) is 27.8. The molecule has 5 aliphatic rings. The van der Waals surface area contributed by atoms with E-state index < -0.39 is 211 Å². The van der Waals surface area contributed by atoms with Gasteiger partial charge in [0.05, 0.1) is 51.8 Å². The number of aliphatic hydroxyl groups is 16. The minimum absolute atomic E-state index is 0.191. The van der Waals surface area contributed by atoms with Crippen LogP contribution in [0.2, 0.25) is 0 Å². The van der Waals surface area contributed by atoms with Crippen molar-refractivity contribution in [2.24, 2.45) is 0 Å². The Bertz CT molecular complexity index is 2180. The molecule has 27 atom stereocenters. The van der Waals surface area contributed by atoms with E-state index in [1.165, 1.54) is 122 Å². The van der Waals surface area contributed by atoms with E-state index in [9.17, 15) is 91.3 Å². The quantitative estimate of drug-likeness (QED) is 0.0289. The number of hydrogen-bond acceptors (Lipinski definition) is 28. The van der Waals surface area contributed by atoms with E-state index in [0.29, 0.717) is 12.8 Å². The van der Waals surface area contributed by atoms with Crippen molar-refractivity contribution in [3.05, 3.63) is 12.2 Å². The Morgan fingerprint density at radius 2 is 0.740 bits per heavy atom. The van der Waals surface area contributed by atoms with Crippen LogP contribution >= 0.6 is 0 Å². The number of carbonyl (C=O) groups is 2. The van der Waals surface area contributed by atoms with Crippen molar-refractivity contribution < 1.29 is 139 Å². The van der Waals surface area contributed by atoms with Gasteiger partial charge in [-0.2, -0.15) is 0 Å². The molecule has 30 heteroatoms. The smallest absolute Gasteiger partial charge is 0.220 e. The summed E-state index contributed by atoms with van der Waals surface area (Å²) >= 11 is 0. The fourth-order valence-electron chi connectivity index (χ4n) is 13.6. The van der Waals surface area contributed by atoms with Crippen molar-refractivity contribution in [2.45, 2.75) is 379 Å². The Morgan fingerprint density at radius 3 is 1.18 bits per heavy atom. The van der Waals surface area contributed by atoms with Gasteiger partial charge in [-0.25, -0.2) is 0 Å². The molecular weight excluding hydrogens is 1320 g/mol. The van der Waals surface area contributed by atoms with Gasteiger partial charge in [-0.1, -0.05) is 193 Å². The molecule has 0 aromatic heterocycles. The number of allylic oxidation sites excluding steroid dienone is 1. The Kier molecular flexibility index (Phi) is 43.0. The van der Waals surface area contributed by atoms with Crippen molar-refractivity contribution in [2.75, 3.05) is 39.6 Å². The van der Waals surface area contributed by atoms with Gasteiger partial charge < -0.3 is 140 Å². The van der Waals surface area contributed by atoms with Gasteiger partial charge in [-0.15, -0.1) is 0 Å². The van der Waals surface area contributed by atoms with Crippen LogP contribution in [0.4, 0.5) is 0 Å². The van der Waals surface area contributed by atoms with E-state index in [4.69, 9.17) is 47.4 Å². The van der Waals surface area contributed by atoms with Crippen LogP contribution in [0.1, 0.15) is 213 Å². The van der Waals surface area contributed by atoms with Gasteiger partial charge in [0, 0.05) is 13.3 Å². The third kappa shape index (κ3) is 28.1. The topological polar surface area (TPSA) is 474 Å². The van der Waals surface area contributed by atoms with E-state index in [0.717, 1.165) is 58.3 Å². The number of nitrogens with one attached hydrogen (secondary N) is 2. The van der Waals surface area contributed by atoms with E-state index in [-0.39, 0.29) is 12.3 Å². The van der Waals surface area contributed by atoms with Gasteiger partial charge in [-0.3, -0.25) is 9.59 Å². The molecule has 5 rings (SSSR count). The highest BCUT2D eigenvalue weighted by Crippen LogP contribution is 2.37. The first-order valence-electron chi connectivity index (χ1n) is 37.5. The molecule has 586 valence electrons. The van der Waals surface area contributed by atoms with Crippen LogP contribution in [0.25, 0.3) is 0 Å². The van der Waals surface area contributed by atoms with Gasteiger partial charge in [-0.05, 0) is 19.3 Å². The molecule has 5 fully saturated rings. The molecule has 0 aromatic rings. The van der Waals surface area contributed by atoms with E-state index in [2.05, 4.69) is 24.5 Å². The lowest BCUT2D eigenvalue weighted by Gasteiger charge is -2.50. The molecule has 0 saturated carbocycles. The monoisotopic (exact) mass is 1440 g/mol. The van der Waals surface area contributed by atoms with Crippen LogP contribution in [0, 0.1) is 0 Å². The highest BCUT2D eigenvalue weighted by Gasteiger charge is 2.57. The lowest BCUT2D eigenvalue weighted by molar-refractivity contribution is -0.390. The van der Waals surface area contributed by atoms with Gasteiger partial charge in [0.15, 0.2) is 31.5 Å². The summed E-state index contributed by atoms with van der Waals surface area (Å²) < 4.78 is 58.5. The summed E-state index contributed by atoms with van der Waals surface area (Å²) in [6, 6.07) is -2.77. The zero-order chi connectivity index (χ0) is 73.1. The lowest BCUT2D eigenvalue weighted by Crippen LogP contribution is -2.70. The zero-order valence-corrected chi connectivity index (χ0v) is 59.3. The Balaban J connectivity index is 1.21. The molecule has 2 amide bonds. The fourth-order valence-corrected chi connectivity index (χ4v) is 13.6. The molecule has 5 saturated heterocycles. The number of amides is 2. The maximum atomic E-state index is 13.5. The molecule has 5 heterocycles. The van der Waals surface area contributed by atoms with E-state index in [1.807, 2.05) is 6.08 Å². The number of unbranched alkanes of at least 4 members (excludes halogenated alkanes) is 27.